The highest BCUT2D eigenvalue weighted by Gasteiger charge is 2.57. The number of rotatable bonds is 8. The van der Waals surface area contributed by atoms with Crippen molar-refractivity contribution in [1.29, 1.82) is 0 Å². The Bertz CT molecular complexity index is 617. The first-order chi connectivity index (χ1) is 11.4. The van der Waals surface area contributed by atoms with E-state index in [0.717, 1.165) is 0 Å². The van der Waals surface area contributed by atoms with Crippen LogP contribution >= 0.6 is 0 Å². The summed E-state index contributed by atoms with van der Waals surface area (Å²) in [6.07, 6.45) is -12.1. The molecule has 0 amide bonds. The van der Waals surface area contributed by atoms with Gasteiger partial charge in [0, 0.05) is 0 Å². The lowest BCUT2D eigenvalue weighted by atomic mass is 9.91. The molecule has 0 aromatic heterocycles. The van der Waals surface area contributed by atoms with Gasteiger partial charge in [-0.15, -0.1) is 0 Å². The van der Waals surface area contributed by atoms with Gasteiger partial charge < -0.3 is 9.62 Å². The highest BCUT2D eigenvalue weighted by molar-refractivity contribution is 7.89. The van der Waals surface area contributed by atoms with Crippen LogP contribution in [0.2, 0.25) is 0 Å². The lowest BCUT2D eigenvalue weighted by Gasteiger charge is -2.20. The van der Waals surface area contributed by atoms with E-state index in [1.807, 2.05) is 0 Å². The Morgan fingerprint density at radius 1 is 1.00 bits per heavy atom. The van der Waals surface area contributed by atoms with Crippen LogP contribution < -0.4 is 0 Å². The molecule has 14 heteroatoms. The van der Waals surface area contributed by atoms with Crippen molar-refractivity contribution < 1.29 is 58.6 Å². The summed E-state index contributed by atoms with van der Waals surface area (Å²) in [6.45, 7) is 3.14. The molecule has 0 saturated heterocycles. The molecule has 0 aliphatic carbocycles. The number of alkyl halides is 6. The summed E-state index contributed by atoms with van der Waals surface area (Å²) in [6, 6.07) is 0. The van der Waals surface area contributed by atoms with Gasteiger partial charge in [0.15, 0.2) is 5.57 Å². The minimum atomic E-state index is -6.22. The summed E-state index contributed by atoms with van der Waals surface area (Å²) in [5.74, 6) is -0.736. The first-order valence-corrected chi connectivity index (χ1v) is 8.21. The van der Waals surface area contributed by atoms with E-state index in [1.165, 1.54) is 13.8 Å². The lowest BCUT2D eigenvalue weighted by molar-refractivity contribution is -0.268. The molecule has 0 aromatic carbocycles. The zero-order valence-electron chi connectivity index (χ0n) is 13.7. The number of esters is 1. The minimum Gasteiger partial charge on any atom is -0.463 e. The normalized spacial score (nSPS) is 13.3. The molecule has 0 rings (SSSR count). The Morgan fingerprint density at radius 3 is 1.81 bits per heavy atom. The van der Waals surface area contributed by atoms with Crippen molar-refractivity contribution in [3.63, 3.8) is 0 Å². The van der Waals surface area contributed by atoms with Crippen molar-refractivity contribution in [3.05, 3.63) is 10.7 Å². The predicted octanol–water partition coefficient (Wildman–Crippen LogP) is 3.14. The van der Waals surface area contributed by atoms with E-state index in [1.54, 1.807) is 6.92 Å². The van der Waals surface area contributed by atoms with Crippen LogP contribution in [0.3, 0.4) is 0 Å². The average Bonchev–Trinajstić information content (AvgIpc) is 2.41. The SMILES string of the molecule is CCC(C)(C)C(=O)OCCOOC(=C(C(F)(F)F)C(F)(F)F)S(=O)(=O)O. The summed E-state index contributed by atoms with van der Waals surface area (Å²) >= 11 is 0. The number of hydrogen-bond acceptors (Lipinski definition) is 6. The molecule has 0 spiro atoms. The molecule has 0 aromatic rings. The van der Waals surface area contributed by atoms with Gasteiger partial charge in [-0.3, -0.25) is 9.35 Å². The summed E-state index contributed by atoms with van der Waals surface area (Å²) < 4.78 is 110. The van der Waals surface area contributed by atoms with Crippen LogP contribution in [0.25, 0.3) is 0 Å². The van der Waals surface area contributed by atoms with Crippen LogP contribution in [0.15, 0.2) is 10.7 Å². The zero-order valence-corrected chi connectivity index (χ0v) is 14.5. The van der Waals surface area contributed by atoms with Crippen LogP contribution in [0.1, 0.15) is 27.2 Å². The fourth-order valence-electron chi connectivity index (χ4n) is 1.21. The topological polar surface area (TPSA) is 99.1 Å². The molecule has 0 saturated carbocycles. The van der Waals surface area contributed by atoms with Crippen LogP contribution in [0, 0.1) is 5.41 Å². The molecular formula is C12H16F6O7S. The maximum Gasteiger partial charge on any atom is 0.425 e. The average molecular weight is 418 g/mol. The maximum absolute atomic E-state index is 12.5. The highest BCUT2D eigenvalue weighted by atomic mass is 32.2. The molecule has 0 fully saturated rings. The highest BCUT2D eigenvalue weighted by Crippen LogP contribution is 2.42. The van der Waals surface area contributed by atoms with Crippen LogP contribution in [-0.4, -0.2) is 44.5 Å². The van der Waals surface area contributed by atoms with Gasteiger partial charge in [-0.1, -0.05) is 6.92 Å². The third-order valence-electron chi connectivity index (χ3n) is 2.98. The Hall–Kier alpha value is -1.54. The predicted molar refractivity (Wildman–Crippen MR) is 72.8 cm³/mol. The molecule has 1 N–H and O–H groups in total. The molecular weight excluding hydrogens is 402 g/mol. The first kappa shape index (κ1) is 24.5. The van der Waals surface area contributed by atoms with E-state index in [-0.39, 0.29) is 0 Å². The quantitative estimate of drug-likeness (QED) is 0.123. The van der Waals surface area contributed by atoms with Gasteiger partial charge in [0.2, 0.25) is 0 Å². The Labute approximate surface area is 144 Å². The molecule has 0 aliphatic rings. The number of halogens is 6. The molecule has 0 unspecified atom stereocenters. The second-order valence-electron chi connectivity index (χ2n) is 5.41. The molecule has 0 bridgehead atoms. The van der Waals surface area contributed by atoms with Gasteiger partial charge in [-0.2, -0.15) is 39.6 Å². The minimum absolute atomic E-state index is 0.374. The third kappa shape index (κ3) is 7.37. The largest absolute Gasteiger partial charge is 0.463 e. The second kappa shape index (κ2) is 8.43. The fourth-order valence-corrected chi connectivity index (χ4v) is 1.83. The van der Waals surface area contributed by atoms with Gasteiger partial charge in [0.1, 0.15) is 13.2 Å². The lowest BCUT2D eigenvalue weighted by Crippen LogP contribution is -2.31. The number of carbonyl (C=O) groups excluding carboxylic acids is 1. The fraction of sp³-hybridized carbons (Fsp3) is 0.750. The molecule has 0 aliphatic heterocycles. The van der Waals surface area contributed by atoms with E-state index in [2.05, 4.69) is 14.5 Å². The third-order valence-corrected chi connectivity index (χ3v) is 3.72. The van der Waals surface area contributed by atoms with Crippen LogP contribution in [-0.2, 0) is 29.4 Å². The monoisotopic (exact) mass is 418 g/mol. The van der Waals surface area contributed by atoms with Crippen LogP contribution in [0.5, 0.6) is 0 Å². The Kier molecular flexibility index (Phi) is 7.93. The summed E-state index contributed by atoms with van der Waals surface area (Å²) in [4.78, 5) is 19.0. The Morgan fingerprint density at radius 2 is 1.46 bits per heavy atom. The van der Waals surface area contributed by atoms with E-state index in [4.69, 9.17) is 4.55 Å². The smallest absolute Gasteiger partial charge is 0.425 e. The van der Waals surface area contributed by atoms with Crippen molar-refractivity contribution in [1.82, 2.24) is 0 Å². The number of ether oxygens (including phenoxy) is 1. The van der Waals surface area contributed by atoms with Crippen molar-refractivity contribution in [3.8, 4) is 0 Å². The van der Waals surface area contributed by atoms with E-state index >= 15 is 0 Å². The van der Waals surface area contributed by atoms with Gasteiger partial charge in [0.25, 0.3) is 5.09 Å². The number of carbonyl (C=O) groups is 1. The van der Waals surface area contributed by atoms with Gasteiger partial charge in [-0.05, 0) is 20.3 Å². The summed E-state index contributed by atoms with van der Waals surface area (Å²) in [7, 11) is -6.08. The Balaban J connectivity index is 5.20. The molecule has 7 nitrogen and oxygen atoms in total. The van der Waals surface area contributed by atoms with E-state index < -0.39 is 57.7 Å². The van der Waals surface area contributed by atoms with Crippen molar-refractivity contribution in [2.45, 2.75) is 39.5 Å². The summed E-state index contributed by atoms with van der Waals surface area (Å²) in [5.41, 5.74) is -4.52. The number of hydrogen-bond donors (Lipinski definition) is 1. The second-order valence-corrected chi connectivity index (χ2v) is 6.73. The summed E-state index contributed by atoms with van der Waals surface area (Å²) in [5, 5.41) is -2.88. The standard InChI is InChI=1S/C12H16F6O7S/c1-4-10(2,3)9(19)23-5-6-24-25-8(26(20,21)22)7(11(13,14)15)12(16,17)18/h4-6H2,1-3H3,(H,20,21,22). The number of allylic oxidation sites excluding steroid dienone is 1. The van der Waals surface area contributed by atoms with Gasteiger partial charge in [-0.25, -0.2) is 0 Å². The van der Waals surface area contributed by atoms with E-state index in [0.29, 0.717) is 6.42 Å². The van der Waals surface area contributed by atoms with Crippen LogP contribution in [0.4, 0.5) is 26.3 Å². The van der Waals surface area contributed by atoms with E-state index in [9.17, 15) is 39.6 Å². The zero-order chi connectivity index (χ0) is 21.0. The van der Waals surface area contributed by atoms with Gasteiger partial charge in [0.05, 0.1) is 5.41 Å². The first-order valence-electron chi connectivity index (χ1n) is 6.77. The molecule has 0 atom stereocenters. The van der Waals surface area contributed by atoms with Crippen molar-refractivity contribution >= 4 is 16.1 Å². The molecule has 26 heavy (non-hydrogen) atoms. The maximum atomic E-state index is 12.5. The molecule has 0 radical (unpaired) electrons. The van der Waals surface area contributed by atoms with Crippen molar-refractivity contribution in [2.24, 2.45) is 5.41 Å². The molecule has 154 valence electrons. The van der Waals surface area contributed by atoms with Gasteiger partial charge >= 0.3 is 28.4 Å². The molecule has 0 heterocycles. The van der Waals surface area contributed by atoms with Crippen molar-refractivity contribution in [2.75, 3.05) is 13.2 Å².